The maximum Gasteiger partial charge on any atom is 0.194 e. The topological polar surface area (TPSA) is 36.9 Å². The molecule has 1 N–H and O–H groups in total. The number of hydrogen-bond acceptors (Lipinski definition) is 3. The molecule has 4 nitrogen and oxygen atoms in total. The van der Waals surface area contributed by atoms with Crippen LogP contribution in [0.4, 0.5) is 0 Å². The second-order valence-corrected chi connectivity index (χ2v) is 7.62. The van der Waals surface area contributed by atoms with E-state index >= 15 is 0 Å². The molecular weight excluding hydrogens is 421 g/mol. The van der Waals surface area contributed by atoms with Crippen LogP contribution in [0, 0.1) is 5.41 Å². The van der Waals surface area contributed by atoms with Crippen LogP contribution < -0.4 is 5.32 Å². The minimum absolute atomic E-state index is 0. The van der Waals surface area contributed by atoms with E-state index in [2.05, 4.69) is 36.2 Å². The highest BCUT2D eigenvalue weighted by atomic mass is 127. The molecule has 0 aromatic carbocycles. The molecule has 0 aliphatic carbocycles. The lowest BCUT2D eigenvalue weighted by Gasteiger charge is -2.24. The number of thiophene rings is 1. The molecule has 1 unspecified atom stereocenters. The van der Waals surface area contributed by atoms with E-state index in [0.717, 1.165) is 51.8 Å². The molecule has 0 saturated carbocycles. The molecule has 2 saturated heterocycles. The zero-order chi connectivity index (χ0) is 15.4. The SMILES string of the molecule is CCNC(=NCc1ccc(CC)s1)N1CCC2(CCOC2)C1.I. The van der Waals surface area contributed by atoms with E-state index in [1.165, 1.54) is 22.6 Å². The number of hydrogen-bond donors (Lipinski definition) is 1. The minimum atomic E-state index is 0. The molecule has 1 aromatic heterocycles. The van der Waals surface area contributed by atoms with Gasteiger partial charge >= 0.3 is 0 Å². The smallest absolute Gasteiger partial charge is 0.194 e. The largest absolute Gasteiger partial charge is 0.381 e. The Morgan fingerprint density at radius 1 is 1.35 bits per heavy atom. The van der Waals surface area contributed by atoms with Crippen molar-refractivity contribution < 1.29 is 4.74 Å². The van der Waals surface area contributed by atoms with Crippen LogP contribution in [0.2, 0.25) is 0 Å². The number of ether oxygens (including phenoxy) is 1. The van der Waals surface area contributed by atoms with Gasteiger partial charge in [-0.15, -0.1) is 35.3 Å². The normalized spacial score (nSPS) is 24.3. The monoisotopic (exact) mass is 449 g/mol. The Morgan fingerprint density at radius 3 is 2.83 bits per heavy atom. The summed E-state index contributed by atoms with van der Waals surface area (Å²) in [5.41, 5.74) is 0.383. The molecule has 130 valence electrons. The summed E-state index contributed by atoms with van der Waals surface area (Å²) in [5.74, 6) is 1.07. The van der Waals surface area contributed by atoms with Crippen molar-refractivity contribution in [2.45, 2.75) is 39.7 Å². The molecule has 6 heteroatoms. The summed E-state index contributed by atoms with van der Waals surface area (Å²) in [4.78, 5) is 10.1. The number of aliphatic imine (C=N–C) groups is 1. The van der Waals surface area contributed by atoms with E-state index in [-0.39, 0.29) is 24.0 Å². The zero-order valence-corrected chi connectivity index (χ0v) is 17.3. The van der Waals surface area contributed by atoms with E-state index in [9.17, 15) is 0 Å². The molecule has 1 spiro atoms. The number of rotatable bonds is 4. The molecule has 0 amide bonds. The number of nitrogens with one attached hydrogen (secondary N) is 1. The molecule has 0 bridgehead atoms. The number of aryl methyl sites for hydroxylation is 1. The lowest BCUT2D eigenvalue weighted by Crippen LogP contribution is -2.41. The minimum Gasteiger partial charge on any atom is -0.381 e. The summed E-state index contributed by atoms with van der Waals surface area (Å²) in [6.45, 7) is 10.1. The van der Waals surface area contributed by atoms with Crippen molar-refractivity contribution >= 4 is 41.3 Å². The Labute approximate surface area is 160 Å². The molecule has 1 aromatic rings. The van der Waals surface area contributed by atoms with Gasteiger partial charge in [0.15, 0.2) is 5.96 Å². The Morgan fingerprint density at radius 2 is 2.17 bits per heavy atom. The number of nitrogens with zero attached hydrogens (tertiary/aromatic N) is 2. The maximum absolute atomic E-state index is 5.63. The Bertz CT molecular complexity index is 526. The zero-order valence-electron chi connectivity index (χ0n) is 14.1. The first-order valence-electron chi connectivity index (χ1n) is 8.43. The van der Waals surface area contributed by atoms with Crippen molar-refractivity contribution in [1.29, 1.82) is 0 Å². The maximum atomic E-state index is 5.63. The van der Waals surface area contributed by atoms with Gasteiger partial charge in [-0.2, -0.15) is 0 Å². The molecular formula is C17H28IN3OS. The van der Waals surface area contributed by atoms with Gasteiger partial charge in [0.05, 0.1) is 13.2 Å². The van der Waals surface area contributed by atoms with Gasteiger partial charge in [0, 0.05) is 41.4 Å². The third-order valence-corrected chi connectivity index (χ3v) is 5.92. The Kier molecular flexibility index (Phi) is 7.16. The molecule has 0 radical (unpaired) electrons. The highest BCUT2D eigenvalue weighted by molar-refractivity contribution is 14.0. The molecule has 3 rings (SSSR count). The van der Waals surface area contributed by atoms with Crippen LogP contribution in [0.15, 0.2) is 17.1 Å². The average molecular weight is 449 g/mol. The van der Waals surface area contributed by atoms with Gasteiger partial charge in [-0.3, -0.25) is 0 Å². The van der Waals surface area contributed by atoms with Crippen molar-refractivity contribution in [3.05, 3.63) is 21.9 Å². The van der Waals surface area contributed by atoms with Crippen LogP contribution in [0.3, 0.4) is 0 Å². The lowest BCUT2D eigenvalue weighted by molar-refractivity contribution is 0.156. The van der Waals surface area contributed by atoms with Gasteiger partial charge < -0.3 is 15.0 Å². The predicted molar refractivity (Wildman–Crippen MR) is 108 cm³/mol. The summed E-state index contributed by atoms with van der Waals surface area (Å²) < 4.78 is 5.63. The highest BCUT2D eigenvalue weighted by Crippen LogP contribution is 2.38. The van der Waals surface area contributed by atoms with Crippen molar-refractivity contribution in [1.82, 2.24) is 10.2 Å². The van der Waals surface area contributed by atoms with Crippen LogP contribution in [0.1, 0.15) is 36.4 Å². The molecule has 2 aliphatic rings. The molecule has 23 heavy (non-hydrogen) atoms. The fraction of sp³-hybridized carbons (Fsp3) is 0.706. The molecule has 1 atom stereocenters. The van der Waals surface area contributed by atoms with Gasteiger partial charge in [-0.1, -0.05) is 6.92 Å². The highest BCUT2D eigenvalue weighted by Gasteiger charge is 2.42. The first-order valence-corrected chi connectivity index (χ1v) is 9.25. The summed E-state index contributed by atoms with van der Waals surface area (Å²) in [5, 5.41) is 3.46. The fourth-order valence-electron chi connectivity index (χ4n) is 3.36. The van der Waals surface area contributed by atoms with Gasteiger partial charge in [0.2, 0.25) is 0 Å². The number of halogens is 1. The lowest BCUT2D eigenvalue weighted by atomic mass is 9.87. The first-order chi connectivity index (χ1) is 10.7. The van der Waals surface area contributed by atoms with Gasteiger partial charge in [0.1, 0.15) is 0 Å². The summed E-state index contributed by atoms with van der Waals surface area (Å²) in [6.07, 6.45) is 3.55. The van der Waals surface area contributed by atoms with E-state index in [4.69, 9.17) is 9.73 Å². The van der Waals surface area contributed by atoms with E-state index < -0.39 is 0 Å². The van der Waals surface area contributed by atoms with Crippen LogP contribution in [-0.4, -0.2) is 43.7 Å². The fourth-order valence-corrected chi connectivity index (χ4v) is 4.25. The first kappa shape index (κ1) is 19.0. The predicted octanol–water partition coefficient (Wildman–Crippen LogP) is 3.51. The van der Waals surface area contributed by atoms with Gasteiger partial charge in [-0.05, 0) is 38.3 Å². The molecule has 2 fully saturated rings. The van der Waals surface area contributed by atoms with Gasteiger partial charge in [-0.25, -0.2) is 4.99 Å². The average Bonchev–Trinajstić information content (AvgIpc) is 3.26. The standard InChI is InChI=1S/C17H27N3OS.HI/c1-3-14-5-6-15(22-14)11-19-16(18-4-2)20-9-7-17(12-20)8-10-21-13-17;/h5-6H,3-4,7-13H2,1-2H3,(H,18,19);1H. The van der Waals surface area contributed by atoms with Gasteiger partial charge in [0.25, 0.3) is 0 Å². The third kappa shape index (κ3) is 4.60. The number of likely N-dealkylation sites (tertiary alicyclic amines) is 1. The van der Waals surface area contributed by atoms with E-state index in [0.29, 0.717) is 5.41 Å². The Hall–Kier alpha value is -0.340. The van der Waals surface area contributed by atoms with Crippen molar-refractivity contribution in [2.24, 2.45) is 10.4 Å². The van der Waals surface area contributed by atoms with Crippen LogP contribution in [0.25, 0.3) is 0 Å². The van der Waals surface area contributed by atoms with Crippen molar-refractivity contribution in [3.8, 4) is 0 Å². The van der Waals surface area contributed by atoms with E-state index in [1.54, 1.807) is 0 Å². The van der Waals surface area contributed by atoms with Crippen LogP contribution in [-0.2, 0) is 17.7 Å². The second-order valence-electron chi connectivity index (χ2n) is 6.37. The van der Waals surface area contributed by atoms with Crippen molar-refractivity contribution in [2.75, 3.05) is 32.8 Å². The summed E-state index contributed by atoms with van der Waals surface area (Å²) in [7, 11) is 0. The third-order valence-electron chi connectivity index (χ3n) is 4.71. The molecule has 3 heterocycles. The van der Waals surface area contributed by atoms with Crippen LogP contribution in [0.5, 0.6) is 0 Å². The van der Waals surface area contributed by atoms with Crippen molar-refractivity contribution in [3.63, 3.8) is 0 Å². The number of guanidine groups is 1. The quantitative estimate of drug-likeness (QED) is 0.434. The van der Waals surface area contributed by atoms with Crippen LogP contribution >= 0.6 is 35.3 Å². The summed E-state index contributed by atoms with van der Waals surface area (Å²) >= 11 is 1.88. The second kappa shape index (κ2) is 8.67. The van der Waals surface area contributed by atoms with E-state index in [1.807, 2.05) is 11.3 Å². The summed E-state index contributed by atoms with van der Waals surface area (Å²) in [6, 6.07) is 4.44. The Balaban J connectivity index is 0.00000192. The molecule has 2 aliphatic heterocycles.